The second-order valence-electron chi connectivity index (χ2n) is 8.99. The molecule has 1 aliphatic rings. The first-order chi connectivity index (χ1) is 17.8. The van der Waals surface area contributed by atoms with Gasteiger partial charge in [-0.15, -0.1) is 0 Å². The summed E-state index contributed by atoms with van der Waals surface area (Å²) in [4.78, 5) is 55.8. The fourth-order valence-electron chi connectivity index (χ4n) is 4.66. The van der Waals surface area contributed by atoms with E-state index < -0.39 is 23.9 Å². The minimum absolute atomic E-state index is 0.0892. The maximum atomic E-state index is 14.0. The van der Waals surface area contributed by atoms with Crippen molar-refractivity contribution in [2.24, 2.45) is 16.5 Å². The second kappa shape index (κ2) is 13.2. The van der Waals surface area contributed by atoms with E-state index in [1.54, 1.807) is 4.90 Å². The molecule has 10 nitrogen and oxygen atoms in total. The Bertz CT molecular complexity index is 1080. The van der Waals surface area contributed by atoms with Crippen molar-refractivity contribution < 1.29 is 19.2 Å². The van der Waals surface area contributed by atoms with E-state index in [1.165, 1.54) is 6.92 Å². The van der Waals surface area contributed by atoms with E-state index >= 15 is 0 Å². The van der Waals surface area contributed by atoms with Crippen LogP contribution in [0.15, 0.2) is 65.7 Å². The molecular formula is C27H34N6O4. The first-order valence-electron chi connectivity index (χ1n) is 12.4. The third-order valence-corrected chi connectivity index (χ3v) is 6.23. The zero-order valence-corrected chi connectivity index (χ0v) is 20.9. The van der Waals surface area contributed by atoms with Crippen LogP contribution < -0.4 is 22.1 Å². The quantitative estimate of drug-likeness (QED) is 0.214. The molecule has 4 amide bonds. The summed E-state index contributed by atoms with van der Waals surface area (Å²) in [5.41, 5.74) is 12.2. The SMILES string of the molecule is CC(=O)N[C@@H](C(=O)N1CCC[C@H]1C(=O)NCCCC(=O)N=C(N)N)C(c1ccccc1)c1ccccc1. The lowest BCUT2D eigenvalue weighted by Gasteiger charge is -2.33. The summed E-state index contributed by atoms with van der Waals surface area (Å²) in [5, 5.41) is 5.67. The lowest BCUT2D eigenvalue weighted by Crippen LogP contribution is -2.55. The number of nitrogens with zero attached hydrogens (tertiary/aromatic N) is 2. The highest BCUT2D eigenvalue weighted by molar-refractivity contribution is 5.93. The maximum Gasteiger partial charge on any atom is 0.248 e. The summed E-state index contributed by atoms with van der Waals surface area (Å²) in [7, 11) is 0. The minimum Gasteiger partial charge on any atom is -0.370 e. The number of benzene rings is 2. The van der Waals surface area contributed by atoms with Crippen molar-refractivity contribution in [3.63, 3.8) is 0 Å². The Balaban J connectivity index is 1.78. The predicted molar refractivity (Wildman–Crippen MR) is 140 cm³/mol. The second-order valence-corrected chi connectivity index (χ2v) is 8.99. The Morgan fingerprint density at radius 3 is 2.14 bits per heavy atom. The van der Waals surface area contributed by atoms with Crippen molar-refractivity contribution in [2.75, 3.05) is 13.1 Å². The van der Waals surface area contributed by atoms with Crippen molar-refractivity contribution in [2.45, 2.75) is 50.6 Å². The molecular weight excluding hydrogens is 472 g/mol. The number of hydrogen-bond acceptors (Lipinski definition) is 4. The highest BCUT2D eigenvalue weighted by Gasteiger charge is 2.41. The molecule has 0 radical (unpaired) electrons. The molecule has 2 aromatic rings. The normalized spacial score (nSPS) is 15.6. The molecule has 196 valence electrons. The number of rotatable bonds is 10. The van der Waals surface area contributed by atoms with Gasteiger partial charge in [0.25, 0.3) is 0 Å². The van der Waals surface area contributed by atoms with Gasteiger partial charge in [0.15, 0.2) is 5.96 Å². The number of carbonyl (C=O) groups is 4. The van der Waals surface area contributed by atoms with Gasteiger partial charge in [-0.25, -0.2) is 0 Å². The first kappa shape index (κ1) is 27.4. The number of nitrogens with two attached hydrogens (primary N) is 2. The van der Waals surface area contributed by atoms with Crippen LogP contribution in [0.3, 0.4) is 0 Å². The van der Waals surface area contributed by atoms with E-state index in [9.17, 15) is 19.2 Å². The molecule has 0 unspecified atom stereocenters. The van der Waals surface area contributed by atoms with Crippen molar-refractivity contribution in [3.05, 3.63) is 71.8 Å². The van der Waals surface area contributed by atoms with E-state index in [-0.39, 0.29) is 36.6 Å². The van der Waals surface area contributed by atoms with E-state index in [1.807, 2.05) is 60.7 Å². The van der Waals surface area contributed by atoms with Gasteiger partial charge < -0.3 is 27.0 Å². The molecule has 2 aromatic carbocycles. The van der Waals surface area contributed by atoms with Crippen molar-refractivity contribution in [1.29, 1.82) is 0 Å². The number of hydrogen-bond donors (Lipinski definition) is 4. The lowest BCUT2D eigenvalue weighted by molar-refractivity contribution is -0.141. The van der Waals surface area contributed by atoms with Crippen LogP contribution in [0.2, 0.25) is 0 Å². The van der Waals surface area contributed by atoms with Crippen LogP contribution in [-0.4, -0.2) is 59.7 Å². The van der Waals surface area contributed by atoms with Gasteiger partial charge in [0.2, 0.25) is 23.6 Å². The highest BCUT2D eigenvalue weighted by Crippen LogP contribution is 2.31. The average Bonchev–Trinajstić information content (AvgIpc) is 3.36. The number of amides is 4. The van der Waals surface area contributed by atoms with Gasteiger partial charge in [-0.05, 0) is 30.4 Å². The van der Waals surface area contributed by atoms with E-state index in [2.05, 4.69) is 15.6 Å². The molecule has 1 saturated heterocycles. The first-order valence-corrected chi connectivity index (χ1v) is 12.4. The smallest absolute Gasteiger partial charge is 0.248 e. The summed E-state index contributed by atoms with van der Waals surface area (Å²) in [6.07, 6.45) is 1.63. The summed E-state index contributed by atoms with van der Waals surface area (Å²) in [6.45, 7) is 2.03. The molecule has 6 N–H and O–H groups in total. The Hall–Kier alpha value is -4.21. The Morgan fingerprint density at radius 1 is 1.00 bits per heavy atom. The summed E-state index contributed by atoms with van der Waals surface area (Å²) in [5.74, 6) is -2.14. The molecule has 1 fully saturated rings. The van der Waals surface area contributed by atoms with Crippen LogP contribution in [0, 0.1) is 0 Å². The highest BCUT2D eigenvalue weighted by atomic mass is 16.2. The van der Waals surface area contributed by atoms with E-state index in [4.69, 9.17) is 11.5 Å². The van der Waals surface area contributed by atoms with Gasteiger partial charge in [0, 0.05) is 32.4 Å². The van der Waals surface area contributed by atoms with Crippen LogP contribution in [0.5, 0.6) is 0 Å². The third kappa shape index (κ3) is 7.63. The largest absolute Gasteiger partial charge is 0.370 e. The monoisotopic (exact) mass is 506 g/mol. The molecule has 0 aliphatic carbocycles. The molecule has 1 heterocycles. The number of likely N-dealkylation sites (tertiary alicyclic amines) is 1. The fourth-order valence-corrected chi connectivity index (χ4v) is 4.66. The molecule has 0 spiro atoms. The molecule has 37 heavy (non-hydrogen) atoms. The molecule has 0 bridgehead atoms. The molecule has 1 aliphatic heterocycles. The number of nitrogens with one attached hydrogen (secondary N) is 2. The zero-order valence-electron chi connectivity index (χ0n) is 20.9. The fraction of sp³-hybridized carbons (Fsp3) is 0.370. The van der Waals surface area contributed by atoms with Crippen molar-refractivity contribution in [1.82, 2.24) is 15.5 Å². The number of aliphatic imine (C=N–C) groups is 1. The van der Waals surface area contributed by atoms with Crippen LogP contribution in [-0.2, 0) is 19.2 Å². The summed E-state index contributed by atoms with van der Waals surface area (Å²) >= 11 is 0. The summed E-state index contributed by atoms with van der Waals surface area (Å²) < 4.78 is 0. The van der Waals surface area contributed by atoms with Crippen molar-refractivity contribution in [3.8, 4) is 0 Å². The summed E-state index contributed by atoms with van der Waals surface area (Å²) in [6, 6.07) is 17.5. The number of carbonyl (C=O) groups excluding carboxylic acids is 4. The third-order valence-electron chi connectivity index (χ3n) is 6.23. The van der Waals surface area contributed by atoms with Crippen molar-refractivity contribution >= 4 is 29.6 Å². The predicted octanol–water partition coefficient (Wildman–Crippen LogP) is 1.01. The van der Waals surface area contributed by atoms with Gasteiger partial charge >= 0.3 is 0 Å². The van der Waals surface area contributed by atoms with Crippen LogP contribution in [0.25, 0.3) is 0 Å². The molecule has 0 aromatic heterocycles. The molecule has 2 atom stereocenters. The van der Waals surface area contributed by atoms with Gasteiger partial charge in [0.05, 0.1) is 0 Å². The standard InChI is InChI=1S/C27H34N6O4/c1-18(34)31-24(23(19-10-4-2-5-11-19)20-12-6-3-7-13-20)26(37)33-17-9-14-21(33)25(36)30-16-8-15-22(35)32-27(28)29/h2-7,10-13,21,23-24H,8-9,14-17H2,1H3,(H,30,36)(H,31,34)(H4,28,29,32,35)/t21-,24+/m0/s1. The topological polar surface area (TPSA) is 160 Å². The average molecular weight is 507 g/mol. The van der Waals surface area contributed by atoms with Crippen LogP contribution >= 0.6 is 0 Å². The molecule has 3 rings (SSSR count). The minimum atomic E-state index is -0.895. The van der Waals surface area contributed by atoms with Crippen LogP contribution in [0.1, 0.15) is 49.7 Å². The zero-order chi connectivity index (χ0) is 26.8. The molecule has 0 saturated carbocycles. The van der Waals surface area contributed by atoms with Gasteiger partial charge in [-0.2, -0.15) is 4.99 Å². The number of guanidine groups is 1. The van der Waals surface area contributed by atoms with Gasteiger partial charge in [-0.3, -0.25) is 19.2 Å². The maximum absolute atomic E-state index is 14.0. The Labute approximate surface area is 216 Å². The molecule has 10 heteroatoms. The Morgan fingerprint density at radius 2 is 1.59 bits per heavy atom. The Kier molecular flexibility index (Phi) is 9.76. The van der Waals surface area contributed by atoms with Gasteiger partial charge in [0.1, 0.15) is 12.1 Å². The van der Waals surface area contributed by atoms with E-state index in [0.29, 0.717) is 25.8 Å². The lowest BCUT2D eigenvalue weighted by atomic mass is 9.84. The van der Waals surface area contributed by atoms with Crippen LogP contribution in [0.4, 0.5) is 0 Å². The van der Waals surface area contributed by atoms with E-state index in [0.717, 1.165) is 11.1 Å². The van der Waals surface area contributed by atoms with Gasteiger partial charge in [-0.1, -0.05) is 60.7 Å².